The summed E-state index contributed by atoms with van der Waals surface area (Å²) < 4.78 is 0. The molecule has 1 fully saturated rings. The van der Waals surface area contributed by atoms with Crippen LogP contribution in [0.2, 0.25) is 0 Å². The number of amides is 2. The van der Waals surface area contributed by atoms with Gasteiger partial charge in [0.2, 0.25) is 11.8 Å². The molecule has 6 nitrogen and oxygen atoms in total. The number of hydrogen-bond donors (Lipinski definition) is 2. The van der Waals surface area contributed by atoms with E-state index in [0.717, 1.165) is 5.17 Å². The number of phenols is 1. The molecule has 2 aliphatic rings. The van der Waals surface area contributed by atoms with Crippen LogP contribution in [0.5, 0.6) is 5.75 Å². The van der Waals surface area contributed by atoms with Gasteiger partial charge in [0.25, 0.3) is 0 Å². The van der Waals surface area contributed by atoms with Crippen LogP contribution in [0.3, 0.4) is 0 Å². The Morgan fingerprint density at radius 2 is 2.20 bits per heavy atom. The maximum Gasteiger partial charge on any atom is 0.242 e. The maximum absolute atomic E-state index is 12.0. The minimum absolute atomic E-state index is 0.0351. The van der Waals surface area contributed by atoms with E-state index in [2.05, 4.69) is 10.3 Å². The number of hydrogen-bond acceptors (Lipinski definition) is 5. The molecular weight excluding hydrogens is 278 g/mol. The second kappa shape index (κ2) is 5.16. The fourth-order valence-corrected chi connectivity index (χ4v) is 3.33. The van der Waals surface area contributed by atoms with Crippen LogP contribution in [0.15, 0.2) is 29.3 Å². The van der Waals surface area contributed by atoms with Crippen LogP contribution in [0, 0.1) is 0 Å². The van der Waals surface area contributed by atoms with Crippen LogP contribution in [-0.4, -0.2) is 45.3 Å². The highest BCUT2D eigenvalue weighted by Gasteiger charge is 2.40. The van der Waals surface area contributed by atoms with Crippen molar-refractivity contribution in [3.8, 4) is 5.75 Å². The Hall–Kier alpha value is -2.02. The molecular formula is C13H13N3O3S. The van der Waals surface area contributed by atoms with E-state index in [9.17, 15) is 9.59 Å². The van der Waals surface area contributed by atoms with Gasteiger partial charge in [-0.15, -0.1) is 0 Å². The maximum atomic E-state index is 12.0. The zero-order valence-corrected chi connectivity index (χ0v) is 11.4. The Labute approximate surface area is 119 Å². The van der Waals surface area contributed by atoms with Gasteiger partial charge >= 0.3 is 0 Å². The predicted octanol–water partition coefficient (Wildman–Crippen LogP) is 1.03. The molecule has 1 saturated heterocycles. The minimum Gasteiger partial charge on any atom is -0.508 e. The molecule has 1 aromatic rings. The Bertz CT molecular complexity index is 585. The Kier molecular flexibility index (Phi) is 3.35. The van der Waals surface area contributed by atoms with Crippen molar-refractivity contribution < 1.29 is 14.7 Å². The van der Waals surface area contributed by atoms with Crippen LogP contribution in [-0.2, 0) is 9.59 Å². The minimum atomic E-state index is -0.383. The van der Waals surface area contributed by atoms with E-state index in [-0.39, 0.29) is 29.2 Å². The van der Waals surface area contributed by atoms with Crippen molar-refractivity contribution in [1.29, 1.82) is 0 Å². The number of amidine groups is 1. The summed E-state index contributed by atoms with van der Waals surface area (Å²) in [5.41, 5.74) is 0.598. The number of thioether (sulfide) groups is 1. The van der Waals surface area contributed by atoms with Gasteiger partial charge in [-0.2, -0.15) is 0 Å². The number of benzene rings is 1. The lowest BCUT2D eigenvalue weighted by Gasteiger charge is -2.10. The normalized spacial score (nSPS) is 20.8. The molecule has 0 spiro atoms. The molecule has 104 valence electrons. The Balaban J connectivity index is 1.59. The topological polar surface area (TPSA) is 82.0 Å². The molecule has 0 unspecified atom stereocenters. The first-order chi connectivity index (χ1) is 9.63. The van der Waals surface area contributed by atoms with Gasteiger partial charge in [-0.05, 0) is 24.3 Å². The lowest BCUT2D eigenvalue weighted by atomic mass is 10.2. The molecule has 0 saturated carbocycles. The van der Waals surface area contributed by atoms with Crippen molar-refractivity contribution in [3.05, 3.63) is 24.3 Å². The third-order valence-electron chi connectivity index (χ3n) is 3.11. The number of nitrogens with one attached hydrogen (secondary N) is 1. The molecule has 2 heterocycles. The van der Waals surface area contributed by atoms with Crippen LogP contribution in [0.1, 0.15) is 6.42 Å². The second-order valence-electron chi connectivity index (χ2n) is 4.56. The van der Waals surface area contributed by atoms with E-state index in [4.69, 9.17) is 5.11 Å². The fraction of sp³-hybridized carbons (Fsp3) is 0.308. The average molecular weight is 291 g/mol. The molecule has 2 N–H and O–H groups in total. The van der Waals surface area contributed by atoms with E-state index in [1.165, 1.54) is 23.9 Å². The van der Waals surface area contributed by atoms with E-state index in [0.29, 0.717) is 18.8 Å². The highest BCUT2D eigenvalue weighted by molar-refractivity contribution is 8.15. The molecule has 7 heteroatoms. The SMILES string of the molecule is O=C(C[C@@H]1SC2=NCCN2C1=O)Nc1ccc(O)cc1. The van der Waals surface area contributed by atoms with Gasteiger partial charge in [-0.1, -0.05) is 11.8 Å². The number of anilines is 1. The van der Waals surface area contributed by atoms with E-state index in [1.54, 1.807) is 17.0 Å². The van der Waals surface area contributed by atoms with E-state index in [1.807, 2.05) is 0 Å². The number of phenolic OH excluding ortho intramolecular Hbond substituents is 1. The lowest BCUT2D eigenvalue weighted by Crippen LogP contribution is -2.32. The van der Waals surface area contributed by atoms with Crippen LogP contribution in [0.25, 0.3) is 0 Å². The van der Waals surface area contributed by atoms with Crippen molar-refractivity contribution in [3.63, 3.8) is 0 Å². The van der Waals surface area contributed by atoms with Crippen LogP contribution < -0.4 is 5.32 Å². The van der Waals surface area contributed by atoms with Gasteiger partial charge in [0.05, 0.1) is 6.54 Å². The first-order valence-electron chi connectivity index (χ1n) is 6.25. The van der Waals surface area contributed by atoms with Crippen LogP contribution >= 0.6 is 11.8 Å². The molecule has 0 aromatic heterocycles. The number of carbonyl (C=O) groups is 2. The summed E-state index contributed by atoms with van der Waals surface area (Å²) in [6, 6.07) is 6.21. The second-order valence-corrected chi connectivity index (χ2v) is 5.73. The third kappa shape index (κ3) is 2.49. The molecule has 0 radical (unpaired) electrons. The van der Waals surface area contributed by atoms with Crippen LogP contribution in [0.4, 0.5) is 5.69 Å². The average Bonchev–Trinajstić information content (AvgIpc) is 2.97. The summed E-state index contributed by atoms with van der Waals surface area (Å²) >= 11 is 1.36. The number of fused-ring (bicyclic) bond motifs is 1. The van der Waals surface area contributed by atoms with E-state index < -0.39 is 0 Å². The number of nitrogens with zero attached hydrogens (tertiary/aromatic N) is 2. The van der Waals surface area contributed by atoms with Gasteiger partial charge < -0.3 is 10.4 Å². The highest BCUT2D eigenvalue weighted by Crippen LogP contribution is 2.31. The summed E-state index contributed by atoms with van der Waals surface area (Å²) in [4.78, 5) is 29.8. The fourth-order valence-electron chi connectivity index (χ4n) is 2.14. The predicted molar refractivity (Wildman–Crippen MR) is 76.7 cm³/mol. The molecule has 2 amide bonds. The van der Waals surface area contributed by atoms with Gasteiger partial charge in [0.15, 0.2) is 5.17 Å². The molecule has 0 aliphatic carbocycles. The van der Waals surface area contributed by atoms with Gasteiger partial charge in [0, 0.05) is 18.7 Å². The first kappa shape index (κ1) is 13.0. The van der Waals surface area contributed by atoms with Crippen molar-refractivity contribution in [1.82, 2.24) is 4.90 Å². The smallest absolute Gasteiger partial charge is 0.242 e. The largest absolute Gasteiger partial charge is 0.508 e. The standard InChI is InChI=1S/C13H13N3O3S/c17-9-3-1-8(2-4-9)15-11(18)7-10-12(19)16-6-5-14-13(16)20-10/h1-4,10,17H,5-7H2,(H,15,18)/t10-/m0/s1. The molecule has 2 aliphatic heterocycles. The molecule has 0 bridgehead atoms. The summed E-state index contributed by atoms with van der Waals surface area (Å²) in [6.07, 6.45) is 0.125. The molecule has 1 aromatic carbocycles. The van der Waals surface area contributed by atoms with Crippen molar-refractivity contribution in [2.24, 2.45) is 4.99 Å². The number of aromatic hydroxyl groups is 1. The number of rotatable bonds is 3. The highest BCUT2D eigenvalue weighted by atomic mass is 32.2. The summed E-state index contributed by atoms with van der Waals surface area (Å²) in [5, 5.41) is 12.2. The summed E-state index contributed by atoms with van der Waals surface area (Å²) in [6.45, 7) is 1.28. The van der Waals surface area contributed by atoms with Crippen molar-refractivity contribution in [2.45, 2.75) is 11.7 Å². The summed E-state index contributed by atoms with van der Waals surface area (Å²) in [5.74, 6) is -0.112. The first-order valence-corrected chi connectivity index (χ1v) is 7.13. The van der Waals surface area contributed by atoms with Crippen molar-refractivity contribution >= 4 is 34.4 Å². The molecule has 3 rings (SSSR count). The monoisotopic (exact) mass is 291 g/mol. The molecule has 20 heavy (non-hydrogen) atoms. The quantitative estimate of drug-likeness (QED) is 0.815. The Morgan fingerprint density at radius 1 is 1.45 bits per heavy atom. The third-order valence-corrected chi connectivity index (χ3v) is 4.33. The van der Waals surface area contributed by atoms with Gasteiger partial charge in [-0.25, -0.2) is 0 Å². The lowest BCUT2D eigenvalue weighted by molar-refractivity contribution is -0.127. The zero-order chi connectivity index (χ0) is 14.1. The zero-order valence-electron chi connectivity index (χ0n) is 10.6. The van der Waals surface area contributed by atoms with Gasteiger partial charge in [-0.3, -0.25) is 19.5 Å². The Morgan fingerprint density at radius 3 is 2.90 bits per heavy atom. The molecule has 1 atom stereocenters. The van der Waals surface area contributed by atoms with E-state index >= 15 is 0 Å². The summed E-state index contributed by atoms with van der Waals surface area (Å²) in [7, 11) is 0. The number of aliphatic imine (C=N–C) groups is 1. The van der Waals surface area contributed by atoms with Gasteiger partial charge in [0.1, 0.15) is 11.0 Å². The van der Waals surface area contributed by atoms with Crippen molar-refractivity contribution in [2.75, 3.05) is 18.4 Å². The number of carbonyl (C=O) groups excluding carboxylic acids is 2.